The third-order valence-electron chi connectivity index (χ3n) is 4.06. The number of ether oxygens (including phenoxy) is 4. The lowest BCUT2D eigenvalue weighted by atomic mass is 10.1. The zero-order chi connectivity index (χ0) is 23.9. The fourth-order valence-electron chi connectivity index (χ4n) is 2.66. The Morgan fingerprint density at radius 1 is 0.909 bits per heavy atom. The maximum atomic E-state index is 14.3. The molecule has 2 aromatic carbocycles. The van der Waals surface area contributed by atoms with Crippen molar-refractivity contribution in [3.63, 3.8) is 0 Å². The molecule has 0 bridgehead atoms. The summed E-state index contributed by atoms with van der Waals surface area (Å²) in [6, 6.07) is 9.46. The summed E-state index contributed by atoms with van der Waals surface area (Å²) in [6.07, 6.45) is 1.70. The molecule has 3 N–H and O–H groups in total. The van der Waals surface area contributed by atoms with Crippen LogP contribution in [0.2, 0.25) is 0 Å². The Labute approximate surface area is 198 Å². The summed E-state index contributed by atoms with van der Waals surface area (Å²) < 4.78 is 53.2. The molecule has 0 saturated carbocycles. The molecule has 0 aliphatic heterocycles. The molecule has 2 rings (SSSR count). The van der Waals surface area contributed by atoms with Gasteiger partial charge in [0.15, 0.2) is 17.4 Å². The third kappa shape index (κ3) is 11.1. The Bertz CT molecular complexity index is 839. The van der Waals surface area contributed by atoms with Gasteiger partial charge < -0.3 is 24.7 Å². The Morgan fingerprint density at radius 3 is 2.06 bits per heavy atom. The van der Waals surface area contributed by atoms with E-state index in [1.807, 2.05) is 26.0 Å². The third-order valence-corrected chi connectivity index (χ3v) is 4.92. The number of allylic oxidation sites excluding steroid dienone is 1. The SMILES string of the molecule is CC(C)=Cc1cc(F)c(Oc2ccc(SNCCOCCOCCOCCN)cc2)c(F)c1. The van der Waals surface area contributed by atoms with Crippen molar-refractivity contribution in [3.05, 3.63) is 59.2 Å². The molecule has 0 amide bonds. The Morgan fingerprint density at radius 2 is 1.48 bits per heavy atom. The summed E-state index contributed by atoms with van der Waals surface area (Å²) in [5.41, 5.74) is 6.73. The smallest absolute Gasteiger partial charge is 0.198 e. The van der Waals surface area contributed by atoms with Crippen LogP contribution in [0, 0.1) is 11.6 Å². The van der Waals surface area contributed by atoms with Crippen molar-refractivity contribution in [2.45, 2.75) is 18.7 Å². The minimum Gasteiger partial charge on any atom is -0.451 e. The second kappa shape index (κ2) is 15.8. The van der Waals surface area contributed by atoms with E-state index in [2.05, 4.69) is 4.72 Å². The van der Waals surface area contributed by atoms with Gasteiger partial charge in [0.25, 0.3) is 0 Å². The normalized spacial score (nSPS) is 10.9. The van der Waals surface area contributed by atoms with Crippen LogP contribution < -0.4 is 15.2 Å². The van der Waals surface area contributed by atoms with Crippen LogP contribution in [0.5, 0.6) is 11.5 Å². The second-order valence-corrected chi connectivity index (χ2v) is 8.20. The predicted molar refractivity (Wildman–Crippen MR) is 128 cm³/mol. The van der Waals surface area contributed by atoms with Crippen LogP contribution in [0.4, 0.5) is 8.78 Å². The van der Waals surface area contributed by atoms with Crippen LogP contribution in [-0.2, 0) is 14.2 Å². The van der Waals surface area contributed by atoms with Crippen molar-refractivity contribution < 1.29 is 27.7 Å². The standard InChI is InChI=1S/C24H32F2N2O4S/c1-18(2)15-19-16-22(25)24(23(26)17-19)32-20-3-5-21(6-4-20)33-28-8-10-30-12-14-31-13-11-29-9-7-27/h3-6,15-17,28H,7-14,27H2,1-2H3. The number of benzene rings is 2. The van der Waals surface area contributed by atoms with Crippen LogP contribution in [0.15, 0.2) is 46.9 Å². The predicted octanol–water partition coefficient (Wildman–Crippen LogP) is 4.79. The Kier molecular flexibility index (Phi) is 13.0. The number of rotatable bonds is 16. The molecule has 0 aromatic heterocycles. The first kappa shape index (κ1) is 27.2. The van der Waals surface area contributed by atoms with Crippen LogP contribution in [0.1, 0.15) is 19.4 Å². The van der Waals surface area contributed by atoms with Crippen LogP contribution in [0.25, 0.3) is 6.08 Å². The van der Waals surface area contributed by atoms with Crippen molar-refractivity contribution in [2.24, 2.45) is 5.73 Å². The molecular formula is C24H32F2N2O4S. The van der Waals surface area contributed by atoms with E-state index in [0.717, 1.165) is 10.5 Å². The molecule has 0 aliphatic rings. The highest BCUT2D eigenvalue weighted by molar-refractivity contribution is 7.97. The molecule has 0 fully saturated rings. The number of halogens is 2. The van der Waals surface area contributed by atoms with Crippen LogP contribution >= 0.6 is 11.9 Å². The number of hydrogen-bond acceptors (Lipinski definition) is 7. The highest BCUT2D eigenvalue weighted by Gasteiger charge is 2.13. The molecule has 0 aliphatic carbocycles. The Balaban J connectivity index is 1.65. The van der Waals surface area contributed by atoms with E-state index in [1.54, 1.807) is 18.2 Å². The summed E-state index contributed by atoms with van der Waals surface area (Å²) in [7, 11) is 0. The zero-order valence-corrected chi connectivity index (χ0v) is 19.9. The van der Waals surface area contributed by atoms with Crippen molar-refractivity contribution in [1.82, 2.24) is 4.72 Å². The molecule has 0 radical (unpaired) electrons. The Hall–Kier alpha value is -2.01. The van der Waals surface area contributed by atoms with Crippen molar-refractivity contribution in [3.8, 4) is 11.5 Å². The summed E-state index contributed by atoms with van der Waals surface area (Å²) in [6.45, 7) is 8.06. The first-order valence-corrected chi connectivity index (χ1v) is 11.6. The topological polar surface area (TPSA) is 75.0 Å². The fourth-order valence-corrected chi connectivity index (χ4v) is 3.28. The molecule has 9 heteroatoms. The molecule has 0 saturated heterocycles. The lowest BCUT2D eigenvalue weighted by Gasteiger charge is -2.10. The van der Waals surface area contributed by atoms with E-state index < -0.39 is 17.4 Å². The van der Waals surface area contributed by atoms with Crippen molar-refractivity contribution in [1.29, 1.82) is 0 Å². The lowest BCUT2D eigenvalue weighted by molar-refractivity contribution is 0.0172. The van der Waals surface area contributed by atoms with Gasteiger partial charge >= 0.3 is 0 Å². The summed E-state index contributed by atoms with van der Waals surface area (Å²) in [5.74, 6) is -1.55. The second-order valence-electron chi connectivity index (χ2n) is 7.23. The monoisotopic (exact) mass is 482 g/mol. The van der Waals surface area contributed by atoms with Gasteiger partial charge in [0.2, 0.25) is 0 Å². The first-order chi connectivity index (χ1) is 16.0. The molecule has 0 atom stereocenters. The largest absolute Gasteiger partial charge is 0.451 e. The van der Waals surface area contributed by atoms with E-state index in [9.17, 15) is 8.78 Å². The summed E-state index contributed by atoms with van der Waals surface area (Å²) >= 11 is 1.43. The van der Waals surface area contributed by atoms with Gasteiger partial charge in [0.1, 0.15) is 5.75 Å². The van der Waals surface area contributed by atoms with E-state index >= 15 is 0 Å². The first-order valence-electron chi connectivity index (χ1n) is 10.7. The van der Waals surface area contributed by atoms with Crippen LogP contribution in [-0.4, -0.2) is 52.7 Å². The molecule has 0 heterocycles. The van der Waals surface area contributed by atoms with E-state index in [0.29, 0.717) is 64.0 Å². The lowest BCUT2D eigenvalue weighted by Crippen LogP contribution is -2.16. The van der Waals surface area contributed by atoms with E-state index in [4.69, 9.17) is 24.7 Å². The highest BCUT2D eigenvalue weighted by Crippen LogP contribution is 2.30. The molecule has 6 nitrogen and oxygen atoms in total. The summed E-state index contributed by atoms with van der Waals surface area (Å²) in [4.78, 5) is 0.933. The summed E-state index contributed by atoms with van der Waals surface area (Å²) in [5, 5.41) is 0. The van der Waals surface area contributed by atoms with E-state index in [-0.39, 0.29) is 0 Å². The average molecular weight is 483 g/mol. The molecular weight excluding hydrogens is 450 g/mol. The van der Waals surface area contributed by atoms with Gasteiger partial charge in [-0.1, -0.05) is 11.6 Å². The maximum Gasteiger partial charge on any atom is 0.198 e. The molecule has 33 heavy (non-hydrogen) atoms. The number of nitrogens with two attached hydrogens (primary N) is 1. The molecule has 2 aromatic rings. The highest BCUT2D eigenvalue weighted by atomic mass is 32.2. The van der Waals surface area contributed by atoms with Crippen LogP contribution in [0.3, 0.4) is 0 Å². The van der Waals surface area contributed by atoms with Gasteiger partial charge in [-0.3, -0.25) is 4.72 Å². The molecule has 0 spiro atoms. The molecule has 182 valence electrons. The average Bonchev–Trinajstić information content (AvgIpc) is 2.77. The fraction of sp³-hybridized carbons (Fsp3) is 0.417. The van der Waals surface area contributed by atoms with Crippen molar-refractivity contribution in [2.75, 3.05) is 52.7 Å². The zero-order valence-electron chi connectivity index (χ0n) is 19.1. The minimum atomic E-state index is -0.743. The van der Waals surface area contributed by atoms with Gasteiger partial charge in [-0.25, -0.2) is 8.78 Å². The van der Waals surface area contributed by atoms with Gasteiger partial charge in [-0.05, 0) is 67.8 Å². The van der Waals surface area contributed by atoms with Gasteiger partial charge in [0, 0.05) is 18.0 Å². The van der Waals surface area contributed by atoms with Crippen molar-refractivity contribution >= 4 is 18.0 Å². The number of hydrogen-bond donors (Lipinski definition) is 2. The molecule has 0 unspecified atom stereocenters. The van der Waals surface area contributed by atoms with Gasteiger partial charge in [-0.15, -0.1) is 0 Å². The van der Waals surface area contributed by atoms with E-state index in [1.165, 1.54) is 24.1 Å². The number of nitrogens with one attached hydrogen (secondary N) is 1. The quantitative estimate of drug-likeness (QED) is 0.263. The maximum absolute atomic E-state index is 14.3. The minimum absolute atomic E-state index is 0.351. The van der Waals surface area contributed by atoms with Gasteiger partial charge in [0.05, 0.1) is 39.6 Å². The van der Waals surface area contributed by atoms with Gasteiger partial charge in [-0.2, -0.15) is 0 Å².